The summed E-state index contributed by atoms with van der Waals surface area (Å²) in [5, 5.41) is 3.23. The highest BCUT2D eigenvalue weighted by Crippen LogP contribution is 2.21. The molecule has 1 N–H and O–H groups in total. The Kier molecular flexibility index (Phi) is 10.8. The van der Waals surface area contributed by atoms with Crippen molar-refractivity contribution >= 4 is 39.5 Å². The lowest BCUT2D eigenvalue weighted by atomic mass is 9.95. The lowest BCUT2D eigenvalue weighted by Gasteiger charge is -2.32. The van der Waals surface area contributed by atoms with Crippen molar-refractivity contribution in [3.63, 3.8) is 0 Å². The molecule has 3 rings (SSSR count). The molecule has 0 heterocycles. The smallest absolute Gasteiger partial charge is 0.243 e. The van der Waals surface area contributed by atoms with Crippen LogP contribution in [-0.2, 0) is 21.9 Å². The highest BCUT2D eigenvalue weighted by Gasteiger charge is 2.30. The van der Waals surface area contributed by atoms with E-state index in [0.717, 1.165) is 47.2 Å². The van der Waals surface area contributed by atoms with Gasteiger partial charge >= 0.3 is 0 Å². The Morgan fingerprint density at radius 1 is 1.06 bits per heavy atom. The van der Waals surface area contributed by atoms with E-state index >= 15 is 0 Å². The molecule has 2 amide bonds. The van der Waals surface area contributed by atoms with Crippen LogP contribution in [0.3, 0.4) is 0 Å². The number of thioether (sulfide) groups is 1. The summed E-state index contributed by atoms with van der Waals surface area (Å²) in [6.45, 7) is 2.38. The molecule has 7 heteroatoms. The van der Waals surface area contributed by atoms with Crippen molar-refractivity contribution < 1.29 is 14.3 Å². The van der Waals surface area contributed by atoms with Crippen molar-refractivity contribution in [3.8, 4) is 5.75 Å². The van der Waals surface area contributed by atoms with Crippen LogP contribution in [0.1, 0.15) is 56.6 Å². The average Bonchev–Trinajstić information content (AvgIpc) is 2.86. The molecule has 0 bridgehead atoms. The van der Waals surface area contributed by atoms with Gasteiger partial charge in [-0.3, -0.25) is 9.59 Å². The summed E-state index contributed by atoms with van der Waals surface area (Å²) in [6.07, 6.45) is 6.18. The molecule has 0 unspecified atom stereocenters. The van der Waals surface area contributed by atoms with Crippen molar-refractivity contribution in [2.75, 3.05) is 12.9 Å². The Morgan fingerprint density at radius 3 is 2.32 bits per heavy atom. The Bertz CT molecular complexity index is 914. The second-order valence-corrected chi connectivity index (χ2v) is 10.7. The predicted octanol–water partition coefficient (Wildman–Crippen LogP) is 5.95. The Hall–Kier alpha value is -1.99. The standard InChI is InChI=1S/C27H35BrN2O3S/c1-3-25(27(32)29-23-7-5-4-6-8-23)30(17-20-11-15-24(33-2)16-12-20)26(31)19-34-18-21-9-13-22(28)14-10-21/h9-16,23,25H,3-8,17-19H2,1-2H3,(H,29,32)/t25-/m0/s1. The summed E-state index contributed by atoms with van der Waals surface area (Å²) in [5.41, 5.74) is 2.15. The van der Waals surface area contributed by atoms with Crippen LogP contribution in [-0.4, -0.2) is 41.7 Å². The Morgan fingerprint density at radius 2 is 1.71 bits per heavy atom. The number of benzene rings is 2. The van der Waals surface area contributed by atoms with Gasteiger partial charge in [-0.1, -0.05) is 66.4 Å². The largest absolute Gasteiger partial charge is 0.497 e. The zero-order valence-corrected chi connectivity index (χ0v) is 22.5. The minimum Gasteiger partial charge on any atom is -0.497 e. The number of carbonyl (C=O) groups is 2. The van der Waals surface area contributed by atoms with Gasteiger partial charge in [0.2, 0.25) is 11.8 Å². The number of rotatable bonds is 11. The predicted molar refractivity (Wildman–Crippen MR) is 143 cm³/mol. The molecule has 1 aliphatic carbocycles. The number of ether oxygens (including phenoxy) is 1. The third-order valence-corrected chi connectivity index (χ3v) is 7.77. The van der Waals surface area contributed by atoms with E-state index in [1.807, 2.05) is 43.3 Å². The number of nitrogens with one attached hydrogen (secondary N) is 1. The molecule has 0 radical (unpaired) electrons. The van der Waals surface area contributed by atoms with Gasteiger partial charge in [0.05, 0.1) is 12.9 Å². The van der Waals surface area contributed by atoms with Crippen molar-refractivity contribution in [2.45, 2.75) is 69.8 Å². The molecule has 2 aromatic rings. The van der Waals surface area contributed by atoms with Crippen molar-refractivity contribution in [2.24, 2.45) is 0 Å². The lowest BCUT2D eigenvalue weighted by Crippen LogP contribution is -2.52. The molecule has 184 valence electrons. The topological polar surface area (TPSA) is 58.6 Å². The van der Waals surface area contributed by atoms with E-state index in [0.29, 0.717) is 18.7 Å². The van der Waals surface area contributed by atoms with Crippen molar-refractivity contribution in [1.82, 2.24) is 10.2 Å². The van der Waals surface area contributed by atoms with Crippen LogP contribution < -0.4 is 10.1 Å². The van der Waals surface area contributed by atoms with Gasteiger partial charge in [0.15, 0.2) is 0 Å². The van der Waals surface area contributed by atoms with Crippen LogP contribution in [0, 0.1) is 0 Å². The number of carbonyl (C=O) groups excluding carboxylic acids is 2. The average molecular weight is 548 g/mol. The van der Waals surface area contributed by atoms with Gasteiger partial charge in [0.1, 0.15) is 11.8 Å². The Labute approximate surface area is 216 Å². The number of hydrogen-bond donors (Lipinski definition) is 1. The first kappa shape index (κ1) is 26.6. The van der Waals surface area contributed by atoms with Crippen LogP contribution >= 0.6 is 27.7 Å². The number of nitrogens with zero attached hydrogens (tertiary/aromatic N) is 1. The molecule has 1 fully saturated rings. The highest BCUT2D eigenvalue weighted by molar-refractivity contribution is 9.10. The summed E-state index contributed by atoms with van der Waals surface area (Å²) >= 11 is 5.04. The molecule has 2 aromatic carbocycles. The fourth-order valence-corrected chi connectivity index (χ4v) is 5.45. The quantitative estimate of drug-likeness (QED) is 0.378. The molecule has 1 saturated carbocycles. The minimum absolute atomic E-state index is 0.0106. The van der Waals surface area contributed by atoms with Gasteiger partial charge in [0, 0.05) is 22.8 Å². The molecule has 0 aliphatic heterocycles. The third-order valence-electron chi connectivity index (χ3n) is 6.26. The van der Waals surface area contributed by atoms with Crippen LogP contribution in [0.5, 0.6) is 5.75 Å². The van der Waals surface area contributed by atoms with E-state index in [1.54, 1.807) is 23.8 Å². The first-order valence-corrected chi connectivity index (χ1v) is 14.0. The maximum Gasteiger partial charge on any atom is 0.243 e. The monoisotopic (exact) mass is 546 g/mol. The number of amides is 2. The lowest BCUT2D eigenvalue weighted by molar-refractivity contribution is -0.139. The molecular formula is C27H35BrN2O3S. The van der Waals surface area contributed by atoms with E-state index in [9.17, 15) is 9.59 Å². The molecule has 5 nitrogen and oxygen atoms in total. The van der Waals surface area contributed by atoms with Gasteiger partial charge in [-0.2, -0.15) is 0 Å². The number of halogens is 1. The zero-order valence-electron chi connectivity index (χ0n) is 20.1. The summed E-state index contributed by atoms with van der Waals surface area (Å²) in [6, 6.07) is 15.6. The van der Waals surface area contributed by atoms with Crippen molar-refractivity contribution in [1.29, 1.82) is 0 Å². The van der Waals surface area contributed by atoms with Crippen LogP contribution in [0.25, 0.3) is 0 Å². The molecule has 1 aliphatic rings. The maximum absolute atomic E-state index is 13.4. The fraction of sp³-hybridized carbons (Fsp3) is 0.481. The normalized spacial score (nSPS) is 14.9. The van der Waals surface area contributed by atoms with Gasteiger partial charge in [-0.15, -0.1) is 11.8 Å². The minimum atomic E-state index is -0.482. The summed E-state index contributed by atoms with van der Waals surface area (Å²) in [5.74, 6) is 1.81. The summed E-state index contributed by atoms with van der Waals surface area (Å²) in [4.78, 5) is 28.4. The second kappa shape index (κ2) is 13.8. The molecular weight excluding hydrogens is 512 g/mol. The molecule has 0 aromatic heterocycles. The molecule has 1 atom stereocenters. The molecule has 0 saturated heterocycles. The van der Waals surface area contributed by atoms with Crippen molar-refractivity contribution in [3.05, 3.63) is 64.1 Å². The van der Waals surface area contributed by atoms with Gasteiger partial charge < -0.3 is 15.0 Å². The van der Waals surface area contributed by atoms with Crippen LogP contribution in [0.15, 0.2) is 53.0 Å². The van der Waals surface area contributed by atoms with Gasteiger partial charge in [-0.05, 0) is 54.7 Å². The van der Waals surface area contributed by atoms with E-state index in [-0.39, 0.29) is 17.9 Å². The fourth-order valence-electron chi connectivity index (χ4n) is 4.31. The third kappa shape index (κ3) is 8.05. The van der Waals surface area contributed by atoms with Gasteiger partial charge in [-0.25, -0.2) is 0 Å². The SMILES string of the molecule is CC[C@@H](C(=O)NC1CCCCC1)N(Cc1ccc(OC)cc1)C(=O)CSCc1ccc(Br)cc1. The summed E-state index contributed by atoms with van der Waals surface area (Å²) in [7, 11) is 1.64. The molecule has 34 heavy (non-hydrogen) atoms. The summed E-state index contributed by atoms with van der Waals surface area (Å²) < 4.78 is 6.30. The number of hydrogen-bond acceptors (Lipinski definition) is 4. The first-order chi connectivity index (χ1) is 16.5. The first-order valence-electron chi connectivity index (χ1n) is 12.0. The second-order valence-electron chi connectivity index (χ2n) is 8.76. The van der Waals surface area contributed by atoms with E-state index < -0.39 is 6.04 Å². The van der Waals surface area contributed by atoms with E-state index in [1.165, 1.54) is 12.0 Å². The number of methoxy groups -OCH3 is 1. The van der Waals surface area contributed by atoms with E-state index in [4.69, 9.17) is 4.74 Å². The highest BCUT2D eigenvalue weighted by atomic mass is 79.9. The van der Waals surface area contributed by atoms with Crippen LogP contribution in [0.2, 0.25) is 0 Å². The Balaban J connectivity index is 1.69. The zero-order chi connectivity index (χ0) is 24.3. The van der Waals surface area contributed by atoms with Crippen LogP contribution in [0.4, 0.5) is 0 Å². The molecule has 0 spiro atoms. The maximum atomic E-state index is 13.4. The van der Waals surface area contributed by atoms with E-state index in [2.05, 4.69) is 33.4 Å². The van der Waals surface area contributed by atoms with Gasteiger partial charge in [0.25, 0.3) is 0 Å².